The van der Waals surface area contributed by atoms with E-state index in [2.05, 4.69) is 25.3 Å². The van der Waals surface area contributed by atoms with E-state index in [1.54, 1.807) is 41.2 Å². The predicted molar refractivity (Wildman–Crippen MR) is 128 cm³/mol. The van der Waals surface area contributed by atoms with E-state index in [1.165, 1.54) is 12.1 Å². The number of fused-ring (bicyclic) bond motifs is 3. The Kier molecular flexibility index (Phi) is 6.18. The van der Waals surface area contributed by atoms with Gasteiger partial charge in [-0.3, -0.25) is 19.6 Å². The standard InChI is InChI=1S/C21H22N8O3.H2S/c1-26-18-11-23-21(25-19(18)28-8-2-3-17(28)20(26)30)22-9-15-10-24-27(13-15)12-14-4-6-16(7-5-14)29(31)32;/h4-7,10-11,13,17H,2-3,8-9,12H2,1H3,(H,22,23,25);1H2/t17-;/m0./s1. The Bertz CT molecular complexity index is 1180. The quantitative estimate of drug-likeness (QED) is 0.432. The number of nitrogens with zero attached hydrogens (tertiary/aromatic N) is 7. The first-order valence-corrected chi connectivity index (χ1v) is 10.4. The van der Waals surface area contributed by atoms with Gasteiger partial charge in [0.15, 0.2) is 5.82 Å². The van der Waals surface area contributed by atoms with Crippen molar-refractivity contribution in [1.82, 2.24) is 19.7 Å². The van der Waals surface area contributed by atoms with E-state index in [9.17, 15) is 14.9 Å². The zero-order chi connectivity index (χ0) is 22.2. The summed E-state index contributed by atoms with van der Waals surface area (Å²) in [6.45, 7) is 1.84. The average Bonchev–Trinajstić information content (AvgIpc) is 3.46. The zero-order valence-electron chi connectivity index (χ0n) is 18.0. The summed E-state index contributed by atoms with van der Waals surface area (Å²) < 4.78 is 1.78. The van der Waals surface area contributed by atoms with Gasteiger partial charge in [0, 0.05) is 44.0 Å². The zero-order valence-corrected chi connectivity index (χ0v) is 19.0. The lowest BCUT2D eigenvalue weighted by atomic mass is 10.1. The third kappa shape index (κ3) is 4.33. The van der Waals surface area contributed by atoms with Crippen LogP contribution in [0.5, 0.6) is 0 Å². The summed E-state index contributed by atoms with van der Waals surface area (Å²) in [6.07, 6.45) is 7.19. The number of benzene rings is 1. The van der Waals surface area contributed by atoms with E-state index < -0.39 is 4.92 Å². The molecule has 33 heavy (non-hydrogen) atoms. The number of nitro benzene ring substituents is 1. The molecule has 1 atom stereocenters. The van der Waals surface area contributed by atoms with Crippen molar-refractivity contribution in [1.29, 1.82) is 0 Å². The smallest absolute Gasteiger partial charge is 0.269 e. The van der Waals surface area contributed by atoms with Gasteiger partial charge in [-0.2, -0.15) is 23.6 Å². The van der Waals surface area contributed by atoms with E-state index in [1.807, 2.05) is 6.20 Å². The topological polar surface area (TPSA) is 122 Å². The van der Waals surface area contributed by atoms with Crippen LogP contribution in [0.3, 0.4) is 0 Å². The molecule has 172 valence electrons. The van der Waals surface area contributed by atoms with Crippen LogP contribution in [0.15, 0.2) is 42.9 Å². The minimum Gasteiger partial charge on any atom is -0.350 e. The van der Waals surface area contributed by atoms with Crippen LogP contribution < -0.4 is 15.1 Å². The van der Waals surface area contributed by atoms with E-state index in [-0.39, 0.29) is 31.1 Å². The number of rotatable bonds is 6. The number of anilines is 3. The van der Waals surface area contributed by atoms with Crippen molar-refractivity contribution in [3.63, 3.8) is 0 Å². The van der Waals surface area contributed by atoms with Crippen LogP contribution in [-0.4, -0.2) is 50.2 Å². The molecule has 1 fully saturated rings. The number of aromatic nitrogens is 4. The van der Waals surface area contributed by atoms with Crippen LogP contribution >= 0.6 is 13.5 Å². The van der Waals surface area contributed by atoms with E-state index in [0.717, 1.165) is 42.0 Å². The maximum Gasteiger partial charge on any atom is 0.269 e. The SMILES string of the molecule is CN1C(=O)[C@@H]2CCCN2c2nc(NCc3cnn(Cc4ccc([N+](=O)[O-])cc4)c3)ncc21.S. The molecule has 0 unspecified atom stereocenters. The molecule has 1 amide bonds. The Labute approximate surface area is 197 Å². The highest BCUT2D eigenvalue weighted by molar-refractivity contribution is 7.59. The van der Waals surface area contributed by atoms with Gasteiger partial charge in [0.25, 0.3) is 5.69 Å². The largest absolute Gasteiger partial charge is 0.350 e. The summed E-state index contributed by atoms with van der Waals surface area (Å²) in [5, 5.41) is 18.4. The molecule has 0 spiro atoms. The highest BCUT2D eigenvalue weighted by atomic mass is 32.1. The lowest BCUT2D eigenvalue weighted by molar-refractivity contribution is -0.384. The molecule has 2 aromatic heterocycles. The second kappa shape index (κ2) is 9.06. The van der Waals surface area contributed by atoms with Crippen molar-refractivity contribution < 1.29 is 9.72 Å². The molecule has 5 rings (SSSR count). The van der Waals surface area contributed by atoms with Crippen molar-refractivity contribution in [2.75, 3.05) is 28.7 Å². The maximum absolute atomic E-state index is 12.5. The summed E-state index contributed by atoms with van der Waals surface area (Å²) in [6, 6.07) is 6.31. The number of hydrogen-bond donors (Lipinski definition) is 1. The number of carbonyl (C=O) groups excluding carboxylic acids is 1. The molecule has 0 aliphatic carbocycles. The Morgan fingerprint density at radius 2 is 2.00 bits per heavy atom. The molecule has 1 N–H and O–H groups in total. The normalized spacial score (nSPS) is 16.8. The van der Waals surface area contributed by atoms with Crippen molar-refractivity contribution in [2.45, 2.75) is 32.0 Å². The average molecular weight is 469 g/mol. The van der Waals surface area contributed by atoms with Gasteiger partial charge in [-0.25, -0.2) is 4.98 Å². The molecule has 0 bridgehead atoms. The van der Waals surface area contributed by atoms with Crippen LogP contribution in [0.1, 0.15) is 24.0 Å². The molecule has 1 saturated heterocycles. The number of likely N-dealkylation sites (N-methyl/N-ethyl adjacent to an activating group) is 1. The van der Waals surface area contributed by atoms with Crippen molar-refractivity contribution >= 4 is 42.5 Å². The molecule has 2 aliphatic rings. The number of nitro groups is 1. The van der Waals surface area contributed by atoms with E-state index in [0.29, 0.717) is 19.0 Å². The fourth-order valence-corrected chi connectivity index (χ4v) is 4.19. The van der Waals surface area contributed by atoms with Gasteiger partial charge < -0.3 is 15.1 Å². The lowest BCUT2D eigenvalue weighted by Gasteiger charge is -2.36. The summed E-state index contributed by atoms with van der Waals surface area (Å²) in [5.74, 6) is 1.39. The minimum atomic E-state index is -0.413. The maximum atomic E-state index is 12.5. The summed E-state index contributed by atoms with van der Waals surface area (Å²) in [5.41, 5.74) is 2.68. The number of amides is 1. The molecule has 0 radical (unpaired) electrons. The van der Waals surface area contributed by atoms with Crippen LogP contribution in [0.25, 0.3) is 0 Å². The van der Waals surface area contributed by atoms with Crippen LogP contribution in [0.2, 0.25) is 0 Å². The fourth-order valence-electron chi connectivity index (χ4n) is 4.19. The Hall–Kier alpha value is -3.67. The first kappa shape index (κ1) is 22.5. The lowest BCUT2D eigenvalue weighted by Crippen LogP contribution is -2.49. The number of non-ortho nitro benzene ring substituents is 1. The van der Waals surface area contributed by atoms with Gasteiger partial charge in [-0.1, -0.05) is 12.1 Å². The van der Waals surface area contributed by atoms with Gasteiger partial charge in [0.2, 0.25) is 11.9 Å². The van der Waals surface area contributed by atoms with Crippen molar-refractivity contribution in [3.05, 3.63) is 64.1 Å². The third-order valence-corrected chi connectivity index (χ3v) is 5.88. The van der Waals surface area contributed by atoms with Gasteiger partial charge in [0.1, 0.15) is 11.7 Å². The molecule has 3 aromatic rings. The molecule has 0 saturated carbocycles. The van der Waals surface area contributed by atoms with Crippen LogP contribution in [0.4, 0.5) is 23.1 Å². The third-order valence-electron chi connectivity index (χ3n) is 5.88. The van der Waals surface area contributed by atoms with Gasteiger partial charge >= 0.3 is 0 Å². The first-order valence-electron chi connectivity index (χ1n) is 10.4. The fraction of sp³-hybridized carbons (Fsp3) is 0.333. The molecule has 11 nitrogen and oxygen atoms in total. The molecular formula is C21H24N8O3S. The molecule has 12 heteroatoms. The molecule has 4 heterocycles. The summed E-state index contributed by atoms with van der Waals surface area (Å²) >= 11 is 0. The minimum absolute atomic E-state index is 0. The number of carbonyl (C=O) groups is 1. The molecule has 1 aromatic carbocycles. The monoisotopic (exact) mass is 468 g/mol. The van der Waals surface area contributed by atoms with Gasteiger partial charge in [-0.15, -0.1) is 0 Å². The second-order valence-corrected chi connectivity index (χ2v) is 7.97. The Morgan fingerprint density at radius 1 is 1.21 bits per heavy atom. The van der Waals surface area contributed by atoms with Crippen LogP contribution in [0, 0.1) is 10.1 Å². The Morgan fingerprint density at radius 3 is 2.76 bits per heavy atom. The highest BCUT2D eigenvalue weighted by Crippen LogP contribution is 2.37. The summed E-state index contributed by atoms with van der Waals surface area (Å²) in [4.78, 5) is 35.7. The van der Waals surface area contributed by atoms with Crippen LogP contribution in [-0.2, 0) is 17.9 Å². The van der Waals surface area contributed by atoms with Gasteiger partial charge in [-0.05, 0) is 18.4 Å². The Balaban J connectivity index is 0.00000259. The molecular weight excluding hydrogens is 444 g/mol. The van der Waals surface area contributed by atoms with Crippen molar-refractivity contribution in [2.24, 2.45) is 0 Å². The number of hydrogen-bond acceptors (Lipinski definition) is 8. The highest BCUT2D eigenvalue weighted by Gasteiger charge is 2.40. The van der Waals surface area contributed by atoms with E-state index in [4.69, 9.17) is 0 Å². The number of nitrogens with one attached hydrogen (secondary N) is 1. The predicted octanol–water partition coefficient (Wildman–Crippen LogP) is 2.30. The van der Waals surface area contributed by atoms with Gasteiger partial charge in [0.05, 0.1) is 23.9 Å². The second-order valence-electron chi connectivity index (χ2n) is 7.97. The summed E-state index contributed by atoms with van der Waals surface area (Å²) in [7, 11) is 1.77. The first-order chi connectivity index (χ1) is 15.5. The van der Waals surface area contributed by atoms with Crippen molar-refractivity contribution in [3.8, 4) is 0 Å². The molecule has 2 aliphatic heterocycles. The van der Waals surface area contributed by atoms with E-state index >= 15 is 0 Å².